The number of rotatable bonds is 6. The third-order valence-corrected chi connectivity index (χ3v) is 4.13. The summed E-state index contributed by atoms with van der Waals surface area (Å²) in [5, 5.41) is 0. The summed E-state index contributed by atoms with van der Waals surface area (Å²) >= 11 is 0. The molecular formula is C14H28N2O2. The fourth-order valence-electron chi connectivity index (χ4n) is 3.01. The molecule has 0 aliphatic carbocycles. The number of hydrogen-bond acceptors (Lipinski definition) is 4. The summed E-state index contributed by atoms with van der Waals surface area (Å²) in [6, 6.07) is 0. The lowest BCUT2D eigenvalue weighted by molar-refractivity contribution is -0.147. The summed E-state index contributed by atoms with van der Waals surface area (Å²) in [6.07, 6.45) is 2.66. The number of likely N-dealkylation sites (tertiary alicyclic amines) is 1. The van der Waals surface area contributed by atoms with Gasteiger partial charge in [-0.05, 0) is 53.0 Å². The van der Waals surface area contributed by atoms with Crippen molar-refractivity contribution in [3.05, 3.63) is 0 Å². The summed E-state index contributed by atoms with van der Waals surface area (Å²) in [5.41, 5.74) is 0.0161. The summed E-state index contributed by atoms with van der Waals surface area (Å²) in [5.74, 6) is -0.0473. The van der Waals surface area contributed by atoms with Crippen LogP contribution < -0.4 is 0 Å². The summed E-state index contributed by atoms with van der Waals surface area (Å²) in [7, 11) is 2.15. The molecule has 18 heavy (non-hydrogen) atoms. The molecule has 4 heteroatoms. The van der Waals surface area contributed by atoms with Gasteiger partial charge in [-0.1, -0.05) is 13.8 Å². The van der Waals surface area contributed by atoms with Crippen LogP contribution >= 0.6 is 0 Å². The van der Waals surface area contributed by atoms with Crippen LogP contribution in [0.4, 0.5) is 0 Å². The van der Waals surface area contributed by atoms with Gasteiger partial charge in [0.05, 0.1) is 13.0 Å². The lowest BCUT2D eigenvalue weighted by Gasteiger charge is -2.47. The van der Waals surface area contributed by atoms with Gasteiger partial charge in [0, 0.05) is 5.54 Å². The van der Waals surface area contributed by atoms with Gasteiger partial charge in [-0.25, -0.2) is 0 Å². The second-order valence-electron chi connectivity index (χ2n) is 5.18. The maximum atomic E-state index is 11.9. The quantitative estimate of drug-likeness (QED) is 0.678. The molecule has 0 radical (unpaired) electrons. The first-order valence-corrected chi connectivity index (χ1v) is 7.17. The van der Waals surface area contributed by atoms with Crippen molar-refractivity contribution >= 4 is 5.97 Å². The highest BCUT2D eigenvalue weighted by Gasteiger charge is 2.40. The Kier molecular flexibility index (Phi) is 6.09. The smallest absolute Gasteiger partial charge is 0.307 e. The third-order valence-electron chi connectivity index (χ3n) is 4.13. The topological polar surface area (TPSA) is 32.8 Å². The monoisotopic (exact) mass is 256 g/mol. The fraction of sp³-hybridized carbons (Fsp3) is 0.929. The fourth-order valence-corrected chi connectivity index (χ4v) is 3.01. The number of carbonyl (C=O) groups is 1. The molecule has 0 unspecified atom stereocenters. The predicted octanol–water partition coefficient (Wildman–Crippen LogP) is 1.75. The van der Waals surface area contributed by atoms with Gasteiger partial charge in [0.2, 0.25) is 0 Å². The first kappa shape index (κ1) is 15.4. The first-order valence-electron chi connectivity index (χ1n) is 7.17. The molecule has 0 aromatic rings. The Labute approximate surface area is 111 Å². The average Bonchev–Trinajstić information content (AvgIpc) is 2.34. The van der Waals surface area contributed by atoms with E-state index in [1.807, 2.05) is 6.92 Å². The summed E-state index contributed by atoms with van der Waals surface area (Å²) in [6.45, 7) is 10.8. The van der Waals surface area contributed by atoms with Crippen molar-refractivity contribution in [1.29, 1.82) is 0 Å². The zero-order valence-corrected chi connectivity index (χ0v) is 12.4. The molecule has 1 fully saturated rings. The normalized spacial score (nSPS) is 20.1. The zero-order chi connectivity index (χ0) is 13.6. The minimum atomic E-state index is -0.0473. The van der Waals surface area contributed by atoms with Crippen molar-refractivity contribution in [3.63, 3.8) is 0 Å². The number of carbonyl (C=O) groups excluding carboxylic acids is 1. The molecule has 1 saturated heterocycles. The van der Waals surface area contributed by atoms with Gasteiger partial charge < -0.3 is 9.64 Å². The maximum absolute atomic E-state index is 11.9. The van der Waals surface area contributed by atoms with Crippen molar-refractivity contribution in [2.24, 2.45) is 0 Å². The lowest BCUT2D eigenvalue weighted by Crippen LogP contribution is -2.55. The van der Waals surface area contributed by atoms with E-state index in [0.29, 0.717) is 13.0 Å². The molecule has 0 bridgehead atoms. The van der Waals surface area contributed by atoms with E-state index in [1.165, 1.54) is 0 Å². The summed E-state index contributed by atoms with van der Waals surface area (Å²) < 4.78 is 5.16. The molecule has 1 heterocycles. The highest BCUT2D eigenvalue weighted by Crippen LogP contribution is 2.32. The molecule has 0 aromatic heterocycles. The Bertz CT molecular complexity index is 257. The standard InChI is InChI=1S/C14H28N2O2/c1-5-16(6-2)14(12-13(17)18-7-3)8-10-15(4)11-9-14/h5-12H2,1-4H3. The van der Waals surface area contributed by atoms with E-state index in [1.54, 1.807) is 0 Å². The Morgan fingerprint density at radius 3 is 2.22 bits per heavy atom. The molecular weight excluding hydrogens is 228 g/mol. The SMILES string of the molecule is CCOC(=O)CC1(N(CC)CC)CCN(C)CC1. The number of hydrogen-bond donors (Lipinski definition) is 0. The van der Waals surface area contributed by atoms with Crippen LogP contribution in [0.15, 0.2) is 0 Å². The minimum Gasteiger partial charge on any atom is -0.466 e. The predicted molar refractivity (Wildman–Crippen MR) is 73.6 cm³/mol. The largest absolute Gasteiger partial charge is 0.466 e. The van der Waals surface area contributed by atoms with Crippen LogP contribution in [0.5, 0.6) is 0 Å². The van der Waals surface area contributed by atoms with E-state index in [2.05, 4.69) is 30.7 Å². The van der Waals surface area contributed by atoms with Crippen LogP contribution in [0.2, 0.25) is 0 Å². The van der Waals surface area contributed by atoms with Gasteiger partial charge in [0.1, 0.15) is 0 Å². The van der Waals surface area contributed by atoms with Gasteiger partial charge >= 0.3 is 5.97 Å². The van der Waals surface area contributed by atoms with Crippen LogP contribution in [0, 0.1) is 0 Å². The number of ether oxygens (including phenoxy) is 1. The highest BCUT2D eigenvalue weighted by molar-refractivity contribution is 5.71. The van der Waals surface area contributed by atoms with E-state index in [0.717, 1.165) is 39.0 Å². The third kappa shape index (κ3) is 3.69. The van der Waals surface area contributed by atoms with Gasteiger partial charge in [0.15, 0.2) is 0 Å². The lowest BCUT2D eigenvalue weighted by atomic mass is 9.82. The molecule has 106 valence electrons. The molecule has 0 spiro atoms. The Hall–Kier alpha value is -0.610. The minimum absolute atomic E-state index is 0.0161. The Morgan fingerprint density at radius 1 is 1.22 bits per heavy atom. The van der Waals surface area contributed by atoms with Crippen molar-refractivity contribution in [2.75, 3.05) is 39.8 Å². The molecule has 0 N–H and O–H groups in total. The number of nitrogens with zero attached hydrogens (tertiary/aromatic N) is 2. The van der Waals surface area contributed by atoms with E-state index >= 15 is 0 Å². The van der Waals surface area contributed by atoms with Crippen molar-refractivity contribution in [1.82, 2.24) is 9.80 Å². The second kappa shape index (κ2) is 7.10. The van der Waals surface area contributed by atoms with Gasteiger partial charge in [0.25, 0.3) is 0 Å². The van der Waals surface area contributed by atoms with Gasteiger partial charge in [-0.2, -0.15) is 0 Å². The zero-order valence-electron chi connectivity index (χ0n) is 12.4. The average molecular weight is 256 g/mol. The number of esters is 1. The van der Waals surface area contributed by atoms with Gasteiger partial charge in [-0.3, -0.25) is 9.69 Å². The van der Waals surface area contributed by atoms with Crippen molar-refractivity contribution < 1.29 is 9.53 Å². The first-order chi connectivity index (χ1) is 8.57. The number of piperidine rings is 1. The molecule has 1 aliphatic heterocycles. The van der Waals surface area contributed by atoms with E-state index in [-0.39, 0.29) is 11.5 Å². The van der Waals surface area contributed by atoms with Crippen LogP contribution in [-0.2, 0) is 9.53 Å². The van der Waals surface area contributed by atoms with E-state index < -0.39 is 0 Å². The van der Waals surface area contributed by atoms with E-state index in [4.69, 9.17) is 4.74 Å². The van der Waals surface area contributed by atoms with Crippen molar-refractivity contribution in [2.45, 2.75) is 45.6 Å². The Morgan fingerprint density at radius 2 is 1.78 bits per heavy atom. The maximum Gasteiger partial charge on any atom is 0.307 e. The highest BCUT2D eigenvalue weighted by atomic mass is 16.5. The van der Waals surface area contributed by atoms with Crippen molar-refractivity contribution in [3.8, 4) is 0 Å². The molecule has 4 nitrogen and oxygen atoms in total. The summed E-state index contributed by atoms with van der Waals surface area (Å²) in [4.78, 5) is 16.7. The molecule has 1 rings (SSSR count). The molecule has 1 aliphatic rings. The Balaban J connectivity index is 2.77. The molecule has 0 saturated carbocycles. The molecule has 0 amide bonds. The molecule has 0 atom stereocenters. The second-order valence-corrected chi connectivity index (χ2v) is 5.18. The van der Waals surface area contributed by atoms with E-state index in [9.17, 15) is 4.79 Å². The van der Waals surface area contributed by atoms with Crippen LogP contribution in [-0.4, -0.2) is 61.1 Å². The van der Waals surface area contributed by atoms with Crippen LogP contribution in [0.1, 0.15) is 40.0 Å². The molecule has 0 aromatic carbocycles. The van der Waals surface area contributed by atoms with Crippen LogP contribution in [0.25, 0.3) is 0 Å². The van der Waals surface area contributed by atoms with Crippen LogP contribution in [0.3, 0.4) is 0 Å². The van der Waals surface area contributed by atoms with Gasteiger partial charge in [-0.15, -0.1) is 0 Å².